The van der Waals surface area contributed by atoms with Gasteiger partial charge in [-0.15, -0.1) is 0 Å². The van der Waals surface area contributed by atoms with Crippen LogP contribution < -0.4 is 10.2 Å². The molecule has 0 aliphatic carbocycles. The second-order valence-corrected chi connectivity index (χ2v) is 9.38. The predicted octanol–water partition coefficient (Wildman–Crippen LogP) is 4.93. The average molecular weight is 491 g/mol. The lowest BCUT2D eigenvalue weighted by Crippen LogP contribution is -2.29. The van der Waals surface area contributed by atoms with Crippen molar-refractivity contribution in [1.29, 1.82) is 0 Å². The Morgan fingerprint density at radius 3 is 2.43 bits per heavy atom. The lowest BCUT2D eigenvalue weighted by Gasteiger charge is -2.26. The maximum absolute atomic E-state index is 10.9. The highest BCUT2D eigenvalue weighted by molar-refractivity contribution is 7.99. The van der Waals surface area contributed by atoms with Crippen LogP contribution in [0.4, 0.5) is 0 Å². The van der Waals surface area contributed by atoms with Gasteiger partial charge < -0.3 is 14.7 Å². The van der Waals surface area contributed by atoms with Gasteiger partial charge in [-0.2, -0.15) is 11.8 Å². The molecule has 3 aromatic carbocycles. The summed E-state index contributed by atoms with van der Waals surface area (Å²) in [6.45, 7) is 2.68. The first-order valence-corrected chi connectivity index (χ1v) is 12.8. The molecule has 0 spiro atoms. The normalized spacial score (nSPS) is 13.9. The van der Waals surface area contributed by atoms with Gasteiger partial charge in [-0.25, -0.2) is 0 Å². The lowest BCUT2D eigenvalue weighted by molar-refractivity contribution is -0.136. The van der Waals surface area contributed by atoms with Gasteiger partial charge in [0.25, 0.3) is 0 Å². The number of hydroxylamine groups is 1. The van der Waals surface area contributed by atoms with Gasteiger partial charge in [0, 0.05) is 36.4 Å². The first-order valence-electron chi connectivity index (χ1n) is 11.7. The summed E-state index contributed by atoms with van der Waals surface area (Å²) in [6.07, 6.45) is 2.11. The summed E-state index contributed by atoms with van der Waals surface area (Å²) >= 11 is 1.98. The van der Waals surface area contributed by atoms with Crippen molar-refractivity contribution in [3.8, 4) is 16.9 Å². The van der Waals surface area contributed by atoms with Crippen molar-refractivity contribution in [2.75, 3.05) is 37.8 Å². The van der Waals surface area contributed by atoms with Crippen molar-refractivity contribution in [2.24, 2.45) is 0 Å². The second-order valence-electron chi connectivity index (χ2n) is 8.15. The van der Waals surface area contributed by atoms with E-state index < -0.39 is 5.97 Å². The van der Waals surface area contributed by atoms with Gasteiger partial charge in [0.1, 0.15) is 19.0 Å². The summed E-state index contributed by atoms with van der Waals surface area (Å²) in [5.41, 5.74) is 8.13. The fraction of sp³-hybridized carbons (Fsp3) is 0.250. The zero-order valence-electron chi connectivity index (χ0n) is 19.6. The Hall–Kier alpha value is -3.42. The molecule has 7 heteroatoms. The van der Waals surface area contributed by atoms with Crippen LogP contribution in [0.3, 0.4) is 0 Å². The first-order chi connectivity index (χ1) is 17.2. The third-order valence-corrected chi connectivity index (χ3v) is 6.49. The summed E-state index contributed by atoms with van der Waals surface area (Å²) in [4.78, 5) is 19.0. The van der Waals surface area contributed by atoms with Gasteiger partial charge in [-0.3, -0.25) is 15.1 Å². The van der Waals surface area contributed by atoms with Crippen LogP contribution in [0.15, 0.2) is 85.1 Å². The lowest BCUT2D eigenvalue weighted by atomic mass is 10.0. The van der Waals surface area contributed by atoms with E-state index in [4.69, 9.17) is 14.7 Å². The SMILES string of the molecule is O=C(O)Cc1cccc(OCCONC(=CN2CCSCC2)c2ccc(-c3ccccc3)cc2)c1. The zero-order chi connectivity index (χ0) is 24.3. The van der Waals surface area contributed by atoms with Gasteiger partial charge in [0.2, 0.25) is 0 Å². The molecular weight excluding hydrogens is 460 g/mol. The van der Waals surface area contributed by atoms with Crippen LogP contribution in [-0.2, 0) is 16.1 Å². The standard InChI is InChI=1S/C28H30N2O4S/c31-28(32)20-22-5-4-8-26(19-22)33-15-16-34-29-27(21-30-13-17-35-18-14-30)25-11-9-24(10-12-25)23-6-2-1-3-7-23/h1-12,19,21,29H,13-18,20H2,(H,31,32). The molecule has 0 unspecified atom stereocenters. The molecule has 0 radical (unpaired) electrons. The number of rotatable bonds is 11. The molecule has 1 aliphatic rings. The third-order valence-electron chi connectivity index (χ3n) is 5.55. The number of nitrogens with zero attached hydrogens (tertiary/aromatic N) is 1. The van der Waals surface area contributed by atoms with Gasteiger partial charge in [0.05, 0.1) is 12.1 Å². The molecule has 182 valence electrons. The summed E-state index contributed by atoms with van der Waals surface area (Å²) in [5, 5.41) is 8.96. The molecule has 0 bridgehead atoms. The molecule has 35 heavy (non-hydrogen) atoms. The number of benzene rings is 3. The molecule has 1 aliphatic heterocycles. The Morgan fingerprint density at radius 2 is 1.69 bits per heavy atom. The molecule has 1 fully saturated rings. The summed E-state index contributed by atoms with van der Waals surface area (Å²) in [7, 11) is 0. The Morgan fingerprint density at radius 1 is 0.943 bits per heavy atom. The van der Waals surface area contributed by atoms with Crippen molar-refractivity contribution >= 4 is 23.4 Å². The van der Waals surface area contributed by atoms with Crippen LogP contribution in [0.1, 0.15) is 11.1 Å². The molecule has 4 rings (SSSR count). The molecule has 1 heterocycles. The van der Waals surface area contributed by atoms with E-state index in [2.05, 4.69) is 53.0 Å². The fourth-order valence-electron chi connectivity index (χ4n) is 3.77. The molecule has 0 aromatic heterocycles. The summed E-state index contributed by atoms with van der Waals surface area (Å²) < 4.78 is 5.74. The molecule has 2 N–H and O–H groups in total. The molecule has 0 amide bonds. The third kappa shape index (κ3) is 7.80. The highest BCUT2D eigenvalue weighted by Gasteiger charge is 2.10. The number of nitrogens with one attached hydrogen (secondary N) is 1. The number of hydrogen-bond donors (Lipinski definition) is 2. The quantitative estimate of drug-likeness (QED) is 0.292. The Balaban J connectivity index is 1.36. The topological polar surface area (TPSA) is 71.0 Å². The van der Waals surface area contributed by atoms with Crippen molar-refractivity contribution < 1.29 is 19.5 Å². The molecule has 6 nitrogen and oxygen atoms in total. The van der Waals surface area contributed by atoms with Crippen LogP contribution >= 0.6 is 11.8 Å². The highest BCUT2D eigenvalue weighted by atomic mass is 32.2. The van der Waals surface area contributed by atoms with Gasteiger partial charge >= 0.3 is 5.97 Å². The van der Waals surface area contributed by atoms with Gasteiger partial charge in [-0.05, 0) is 28.8 Å². The van der Waals surface area contributed by atoms with Crippen LogP contribution in [0, 0.1) is 0 Å². The fourth-order valence-corrected chi connectivity index (χ4v) is 4.70. The van der Waals surface area contributed by atoms with E-state index in [9.17, 15) is 4.79 Å². The van der Waals surface area contributed by atoms with E-state index in [1.54, 1.807) is 18.2 Å². The first kappa shape index (κ1) is 24.7. The minimum Gasteiger partial charge on any atom is -0.491 e. The minimum atomic E-state index is -0.863. The minimum absolute atomic E-state index is 0.0263. The predicted molar refractivity (Wildman–Crippen MR) is 141 cm³/mol. The Bertz CT molecular complexity index is 1110. The van der Waals surface area contributed by atoms with Crippen molar-refractivity contribution in [2.45, 2.75) is 6.42 Å². The average Bonchev–Trinajstić information content (AvgIpc) is 2.89. The summed E-state index contributed by atoms with van der Waals surface area (Å²) in [5.74, 6) is 2.00. The smallest absolute Gasteiger partial charge is 0.307 e. The van der Waals surface area contributed by atoms with Gasteiger partial charge in [0.15, 0.2) is 0 Å². The molecule has 0 atom stereocenters. The van der Waals surface area contributed by atoms with E-state index in [1.807, 2.05) is 36.0 Å². The number of hydrogen-bond acceptors (Lipinski definition) is 6. The van der Waals surface area contributed by atoms with Crippen LogP contribution in [0.25, 0.3) is 16.8 Å². The van der Waals surface area contributed by atoms with Crippen molar-refractivity contribution in [3.63, 3.8) is 0 Å². The van der Waals surface area contributed by atoms with E-state index in [0.29, 0.717) is 24.5 Å². The van der Waals surface area contributed by atoms with Gasteiger partial charge in [-0.1, -0.05) is 66.7 Å². The van der Waals surface area contributed by atoms with E-state index in [-0.39, 0.29) is 6.42 Å². The summed E-state index contributed by atoms with van der Waals surface area (Å²) in [6, 6.07) is 25.9. The van der Waals surface area contributed by atoms with Crippen LogP contribution in [0.5, 0.6) is 5.75 Å². The van der Waals surface area contributed by atoms with E-state index in [1.165, 1.54) is 11.1 Å². The van der Waals surface area contributed by atoms with Crippen molar-refractivity contribution in [3.05, 3.63) is 96.2 Å². The molecule has 1 saturated heterocycles. The second kappa shape index (κ2) is 12.9. The molecular formula is C28H30N2O4S. The number of carboxylic acids is 1. The Labute approximate surface area is 210 Å². The highest BCUT2D eigenvalue weighted by Crippen LogP contribution is 2.22. The molecule has 3 aromatic rings. The number of carbonyl (C=O) groups is 1. The van der Waals surface area contributed by atoms with Crippen LogP contribution in [-0.4, -0.2) is 53.8 Å². The maximum atomic E-state index is 10.9. The van der Waals surface area contributed by atoms with Crippen LogP contribution in [0.2, 0.25) is 0 Å². The number of ether oxygens (including phenoxy) is 1. The molecule has 0 saturated carbocycles. The number of thioether (sulfide) groups is 1. The Kier molecular flexibility index (Phi) is 9.09. The number of aliphatic carboxylic acids is 1. The number of carboxylic acid groups (broad SMARTS) is 1. The maximum Gasteiger partial charge on any atom is 0.307 e. The monoisotopic (exact) mass is 490 g/mol. The zero-order valence-corrected chi connectivity index (χ0v) is 20.4. The van der Waals surface area contributed by atoms with E-state index in [0.717, 1.165) is 35.9 Å². The van der Waals surface area contributed by atoms with E-state index >= 15 is 0 Å². The largest absolute Gasteiger partial charge is 0.491 e. The van der Waals surface area contributed by atoms with Crippen molar-refractivity contribution in [1.82, 2.24) is 10.4 Å².